The minimum atomic E-state index is 1.07. The van der Waals surface area contributed by atoms with Crippen LogP contribution in [0.4, 0.5) is 17.1 Å². The van der Waals surface area contributed by atoms with Crippen molar-refractivity contribution in [2.24, 2.45) is 0 Å². The van der Waals surface area contributed by atoms with Crippen LogP contribution < -0.4 is 4.90 Å². The molecule has 0 saturated heterocycles. The first-order chi connectivity index (χ1) is 32.8. The van der Waals surface area contributed by atoms with E-state index in [4.69, 9.17) is 0 Å². The van der Waals surface area contributed by atoms with Crippen molar-refractivity contribution in [3.8, 4) is 61.3 Å². The Morgan fingerprint density at radius 3 is 1.56 bits per heavy atom. The summed E-state index contributed by atoms with van der Waals surface area (Å²) < 4.78 is 2.39. The number of aromatic nitrogens is 1. The number of hydrogen-bond donors (Lipinski definition) is 0. The largest absolute Gasteiger partial charge is 0.310 e. The second kappa shape index (κ2) is 16.8. The lowest BCUT2D eigenvalue weighted by Gasteiger charge is -2.29. The summed E-state index contributed by atoms with van der Waals surface area (Å²) >= 11 is 0. The van der Waals surface area contributed by atoms with Crippen LogP contribution in [0.3, 0.4) is 0 Å². The molecule has 12 rings (SSSR count). The molecular formula is C64H44N2. The third kappa shape index (κ3) is 6.84. The molecule has 0 aliphatic heterocycles. The Morgan fingerprint density at radius 1 is 0.273 bits per heavy atom. The molecule has 11 aromatic carbocycles. The standard InChI is InChI=1S/C64H44N2/c1-3-20-45(21-4-1)53-29-9-10-30-56(53)57-31-11-12-32-58(57)59-33-13-15-37-61(59)65(51-27-17-24-48(44-51)54-35-18-23-46-22-7-8-28-52(46)54)50-42-40-47(41-43-50)55-36-19-39-63-64(55)60-34-14-16-38-62(60)66(63)49-25-5-2-6-26-49/h1-44H. The van der Waals surface area contributed by atoms with E-state index in [0.29, 0.717) is 0 Å². The quantitative estimate of drug-likeness (QED) is 0.141. The monoisotopic (exact) mass is 840 g/mol. The molecule has 1 aromatic heterocycles. The van der Waals surface area contributed by atoms with E-state index < -0.39 is 0 Å². The fraction of sp³-hybridized carbons (Fsp3) is 0. The molecular weight excluding hydrogens is 797 g/mol. The van der Waals surface area contributed by atoms with Gasteiger partial charge in [0.1, 0.15) is 0 Å². The maximum absolute atomic E-state index is 2.44. The Balaban J connectivity index is 1.04. The molecule has 0 unspecified atom stereocenters. The van der Waals surface area contributed by atoms with E-state index in [1.165, 1.54) is 82.6 Å². The zero-order chi connectivity index (χ0) is 43.8. The van der Waals surface area contributed by atoms with Gasteiger partial charge in [-0.05, 0) is 115 Å². The lowest BCUT2D eigenvalue weighted by atomic mass is 9.88. The van der Waals surface area contributed by atoms with Gasteiger partial charge < -0.3 is 9.47 Å². The first-order valence-corrected chi connectivity index (χ1v) is 22.7. The maximum atomic E-state index is 2.44. The van der Waals surface area contributed by atoms with Gasteiger partial charge in [0.05, 0.1) is 16.7 Å². The van der Waals surface area contributed by atoms with E-state index in [-0.39, 0.29) is 0 Å². The highest BCUT2D eigenvalue weighted by molar-refractivity contribution is 6.16. The van der Waals surface area contributed by atoms with Gasteiger partial charge in [-0.15, -0.1) is 0 Å². The molecule has 0 amide bonds. The summed E-state index contributed by atoms with van der Waals surface area (Å²) in [4.78, 5) is 2.44. The van der Waals surface area contributed by atoms with E-state index in [9.17, 15) is 0 Å². The van der Waals surface area contributed by atoms with Crippen molar-refractivity contribution in [1.82, 2.24) is 4.57 Å². The molecule has 0 radical (unpaired) electrons. The van der Waals surface area contributed by atoms with Crippen molar-refractivity contribution >= 4 is 49.6 Å². The molecule has 310 valence electrons. The number of benzene rings is 11. The zero-order valence-corrected chi connectivity index (χ0v) is 36.3. The molecule has 0 N–H and O–H groups in total. The van der Waals surface area contributed by atoms with Crippen molar-refractivity contribution < 1.29 is 0 Å². The van der Waals surface area contributed by atoms with E-state index in [1.807, 2.05) is 0 Å². The molecule has 0 aliphatic rings. The smallest absolute Gasteiger partial charge is 0.0547 e. The molecule has 1 heterocycles. The average Bonchev–Trinajstić information content (AvgIpc) is 3.74. The topological polar surface area (TPSA) is 8.17 Å². The Labute approximate surface area is 385 Å². The van der Waals surface area contributed by atoms with Crippen LogP contribution in [0.25, 0.3) is 93.9 Å². The fourth-order valence-corrected chi connectivity index (χ4v) is 10.1. The number of anilines is 3. The lowest BCUT2D eigenvalue weighted by Crippen LogP contribution is -2.11. The Bertz CT molecular complexity index is 3690. The van der Waals surface area contributed by atoms with Gasteiger partial charge in [0.25, 0.3) is 0 Å². The lowest BCUT2D eigenvalue weighted by molar-refractivity contribution is 1.18. The third-order valence-electron chi connectivity index (χ3n) is 13.0. The van der Waals surface area contributed by atoms with Crippen molar-refractivity contribution in [3.05, 3.63) is 267 Å². The fourth-order valence-electron chi connectivity index (χ4n) is 10.1. The molecule has 0 atom stereocenters. The molecule has 66 heavy (non-hydrogen) atoms. The second-order valence-corrected chi connectivity index (χ2v) is 16.8. The average molecular weight is 841 g/mol. The summed E-state index contributed by atoms with van der Waals surface area (Å²) in [6.07, 6.45) is 0. The van der Waals surface area contributed by atoms with Crippen LogP contribution in [0.2, 0.25) is 0 Å². The molecule has 0 aliphatic carbocycles. The minimum Gasteiger partial charge on any atom is -0.310 e. The highest BCUT2D eigenvalue weighted by atomic mass is 15.1. The molecule has 0 spiro atoms. The Kier molecular flexibility index (Phi) is 9.89. The first kappa shape index (κ1) is 38.9. The van der Waals surface area contributed by atoms with Gasteiger partial charge in [0.2, 0.25) is 0 Å². The van der Waals surface area contributed by atoms with Crippen LogP contribution >= 0.6 is 0 Å². The highest BCUT2D eigenvalue weighted by Crippen LogP contribution is 2.47. The normalized spacial score (nSPS) is 11.3. The van der Waals surface area contributed by atoms with E-state index in [0.717, 1.165) is 28.3 Å². The predicted molar refractivity (Wildman–Crippen MR) is 280 cm³/mol. The molecule has 0 saturated carbocycles. The van der Waals surface area contributed by atoms with Crippen LogP contribution in [-0.4, -0.2) is 4.57 Å². The van der Waals surface area contributed by atoms with Crippen LogP contribution in [0.15, 0.2) is 267 Å². The zero-order valence-electron chi connectivity index (χ0n) is 36.3. The number of para-hydroxylation sites is 3. The predicted octanol–water partition coefficient (Wildman–Crippen LogP) is 17.7. The summed E-state index contributed by atoms with van der Waals surface area (Å²) in [6, 6.07) is 96.9. The Morgan fingerprint density at radius 2 is 0.773 bits per heavy atom. The molecule has 0 fully saturated rings. The van der Waals surface area contributed by atoms with Gasteiger partial charge in [-0.3, -0.25) is 0 Å². The van der Waals surface area contributed by atoms with Crippen LogP contribution in [0.1, 0.15) is 0 Å². The summed E-state index contributed by atoms with van der Waals surface area (Å²) in [5.74, 6) is 0. The molecule has 2 heteroatoms. The van der Waals surface area contributed by atoms with Crippen molar-refractivity contribution in [2.75, 3.05) is 4.90 Å². The number of nitrogens with zero attached hydrogens (tertiary/aromatic N) is 2. The molecule has 2 nitrogen and oxygen atoms in total. The van der Waals surface area contributed by atoms with Crippen LogP contribution in [0, 0.1) is 0 Å². The van der Waals surface area contributed by atoms with Gasteiger partial charge in [-0.25, -0.2) is 0 Å². The summed E-state index contributed by atoms with van der Waals surface area (Å²) in [5.41, 5.74) is 18.7. The maximum Gasteiger partial charge on any atom is 0.0547 e. The van der Waals surface area contributed by atoms with Crippen molar-refractivity contribution in [1.29, 1.82) is 0 Å². The SMILES string of the molecule is c1ccc(-c2ccccc2-c2ccccc2-c2ccccc2N(c2ccc(-c3cccc4c3c3ccccc3n4-c3ccccc3)cc2)c2cccc(-c3cccc4ccccc34)c2)cc1. The molecule has 12 aromatic rings. The highest BCUT2D eigenvalue weighted by Gasteiger charge is 2.22. The number of hydrogen-bond acceptors (Lipinski definition) is 1. The van der Waals surface area contributed by atoms with Crippen molar-refractivity contribution in [3.63, 3.8) is 0 Å². The second-order valence-electron chi connectivity index (χ2n) is 16.8. The van der Waals surface area contributed by atoms with Crippen LogP contribution in [-0.2, 0) is 0 Å². The van der Waals surface area contributed by atoms with Gasteiger partial charge in [-0.1, -0.05) is 212 Å². The van der Waals surface area contributed by atoms with Gasteiger partial charge in [0.15, 0.2) is 0 Å². The number of rotatable bonds is 9. The summed E-state index contributed by atoms with van der Waals surface area (Å²) in [6.45, 7) is 0. The van der Waals surface area contributed by atoms with E-state index in [2.05, 4.69) is 276 Å². The summed E-state index contributed by atoms with van der Waals surface area (Å²) in [5, 5.41) is 4.96. The Hall–Kier alpha value is -8.72. The molecule has 0 bridgehead atoms. The van der Waals surface area contributed by atoms with Crippen molar-refractivity contribution in [2.45, 2.75) is 0 Å². The first-order valence-electron chi connectivity index (χ1n) is 22.7. The van der Waals surface area contributed by atoms with E-state index in [1.54, 1.807) is 0 Å². The summed E-state index contributed by atoms with van der Waals surface area (Å²) in [7, 11) is 0. The van der Waals surface area contributed by atoms with Crippen LogP contribution in [0.5, 0.6) is 0 Å². The van der Waals surface area contributed by atoms with Gasteiger partial charge in [-0.2, -0.15) is 0 Å². The van der Waals surface area contributed by atoms with Gasteiger partial charge >= 0.3 is 0 Å². The number of fused-ring (bicyclic) bond motifs is 4. The minimum absolute atomic E-state index is 1.07. The van der Waals surface area contributed by atoms with E-state index >= 15 is 0 Å². The third-order valence-corrected chi connectivity index (χ3v) is 13.0. The van der Waals surface area contributed by atoms with Gasteiger partial charge in [0, 0.05) is 33.4 Å².